The molecule has 1 atom stereocenters. The molecule has 1 aliphatic rings. The van der Waals surface area contributed by atoms with Gasteiger partial charge >= 0.3 is 0 Å². The van der Waals surface area contributed by atoms with Gasteiger partial charge < -0.3 is 5.11 Å². The second-order valence-corrected chi connectivity index (χ2v) is 4.87. The van der Waals surface area contributed by atoms with Crippen LogP contribution in [0, 0.1) is 5.41 Å². The van der Waals surface area contributed by atoms with Gasteiger partial charge in [0, 0.05) is 0 Å². The minimum Gasteiger partial charge on any atom is -0.393 e. The molecule has 0 aliphatic heterocycles. The van der Waals surface area contributed by atoms with Crippen molar-refractivity contribution in [3.8, 4) is 0 Å². The van der Waals surface area contributed by atoms with Crippen LogP contribution in [0.15, 0.2) is 0 Å². The Bertz CT molecular complexity index is 138. The van der Waals surface area contributed by atoms with Gasteiger partial charge in [-0.3, -0.25) is 0 Å². The normalized spacial score (nSPS) is 21.5. The largest absolute Gasteiger partial charge is 0.393 e. The Labute approximate surface area is 82.5 Å². The van der Waals surface area contributed by atoms with E-state index in [-0.39, 0.29) is 6.10 Å². The van der Waals surface area contributed by atoms with Crippen molar-refractivity contribution in [3.63, 3.8) is 0 Å². The van der Waals surface area contributed by atoms with E-state index in [2.05, 4.69) is 13.8 Å². The van der Waals surface area contributed by atoms with Crippen molar-refractivity contribution >= 4 is 0 Å². The molecule has 1 fully saturated rings. The summed E-state index contributed by atoms with van der Waals surface area (Å²) < 4.78 is 0. The van der Waals surface area contributed by atoms with Gasteiger partial charge in [0.15, 0.2) is 0 Å². The van der Waals surface area contributed by atoms with E-state index in [9.17, 15) is 5.11 Å². The molecule has 1 heteroatoms. The number of aliphatic hydroxyl groups is 1. The van der Waals surface area contributed by atoms with E-state index in [0.29, 0.717) is 5.41 Å². The van der Waals surface area contributed by atoms with Crippen molar-refractivity contribution in [2.24, 2.45) is 5.41 Å². The van der Waals surface area contributed by atoms with E-state index in [4.69, 9.17) is 0 Å². The Morgan fingerprint density at radius 1 is 1.15 bits per heavy atom. The Balaban J connectivity index is 1.93. The topological polar surface area (TPSA) is 20.2 Å². The van der Waals surface area contributed by atoms with Crippen LogP contribution in [0.25, 0.3) is 0 Å². The molecule has 1 N–H and O–H groups in total. The van der Waals surface area contributed by atoms with Crippen LogP contribution in [0.2, 0.25) is 0 Å². The molecule has 78 valence electrons. The third kappa shape index (κ3) is 3.68. The van der Waals surface area contributed by atoms with Gasteiger partial charge in [-0.05, 0) is 24.7 Å². The number of aliphatic hydroxyl groups excluding tert-OH is 1. The van der Waals surface area contributed by atoms with E-state index in [1.54, 1.807) is 0 Å². The minimum absolute atomic E-state index is 0.0193. The van der Waals surface area contributed by atoms with E-state index < -0.39 is 0 Å². The summed E-state index contributed by atoms with van der Waals surface area (Å²) >= 11 is 0. The zero-order chi connectivity index (χ0) is 9.73. The van der Waals surface area contributed by atoms with Crippen LogP contribution in [0.1, 0.15) is 65.2 Å². The highest BCUT2D eigenvalue weighted by Crippen LogP contribution is 2.49. The fraction of sp³-hybridized carbons (Fsp3) is 1.00. The van der Waals surface area contributed by atoms with Crippen LogP contribution < -0.4 is 0 Å². The van der Waals surface area contributed by atoms with Gasteiger partial charge in [-0.1, -0.05) is 46.0 Å². The molecule has 13 heavy (non-hydrogen) atoms. The Kier molecular flexibility index (Phi) is 4.24. The maximum atomic E-state index is 9.80. The summed E-state index contributed by atoms with van der Waals surface area (Å²) in [6, 6.07) is 0. The maximum absolute atomic E-state index is 9.80. The molecule has 0 aromatic carbocycles. The van der Waals surface area contributed by atoms with Crippen molar-refractivity contribution < 1.29 is 5.11 Å². The average Bonchev–Trinajstić information content (AvgIpc) is 2.84. The molecule has 0 amide bonds. The van der Waals surface area contributed by atoms with E-state index in [0.717, 1.165) is 6.42 Å². The third-order valence-corrected chi connectivity index (χ3v) is 3.42. The molecule has 0 aromatic heterocycles. The van der Waals surface area contributed by atoms with Crippen molar-refractivity contribution in [2.75, 3.05) is 0 Å². The van der Waals surface area contributed by atoms with Gasteiger partial charge in [0.2, 0.25) is 0 Å². The second-order valence-electron chi connectivity index (χ2n) is 4.87. The minimum atomic E-state index is -0.0193. The van der Waals surface area contributed by atoms with Gasteiger partial charge in [0.05, 0.1) is 6.10 Å². The monoisotopic (exact) mass is 184 g/mol. The molecular formula is C12H24O. The van der Waals surface area contributed by atoms with E-state index >= 15 is 0 Å². The number of hydrogen-bond donors (Lipinski definition) is 1. The number of unbranched alkanes of at least 4 members (excludes halogenated alkanes) is 4. The summed E-state index contributed by atoms with van der Waals surface area (Å²) in [6.45, 7) is 4.45. The lowest BCUT2D eigenvalue weighted by molar-refractivity contribution is 0.0913. The number of rotatable bonds is 7. The van der Waals surface area contributed by atoms with E-state index in [1.807, 2.05) is 0 Å². The summed E-state index contributed by atoms with van der Waals surface area (Å²) in [6.07, 6.45) is 10.0. The molecule has 1 saturated carbocycles. The first kappa shape index (κ1) is 11.0. The summed E-state index contributed by atoms with van der Waals surface area (Å²) in [7, 11) is 0. The lowest BCUT2D eigenvalue weighted by Gasteiger charge is -2.16. The number of hydrogen-bond acceptors (Lipinski definition) is 1. The summed E-state index contributed by atoms with van der Waals surface area (Å²) in [5, 5.41) is 9.80. The van der Waals surface area contributed by atoms with Gasteiger partial charge in [0.25, 0.3) is 0 Å². The molecule has 0 radical (unpaired) electrons. The van der Waals surface area contributed by atoms with Crippen LogP contribution in [-0.2, 0) is 0 Å². The molecule has 1 rings (SSSR count). The third-order valence-electron chi connectivity index (χ3n) is 3.42. The standard InChI is InChI=1S/C12H24O/c1-3-4-5-6-7-8-11(13)12(2)9-10-12/h11,13H,3-10H2,1-2H3. The highest BCUT2D eigenvalue weighted by Gasteiger charge is 2.43. The molecule has 0 bridgehead atoms. The predicted molar refractivity (Wildman–Crippen MR) is 56.7 cm³/mol. The zero-order valence-corrected chi connectivity index (χ0v) is 9.18. The van der Waals surface area contributed by atoms with Crippen molar-refractivity contribution in [1.29, 1.82) is 0 Å². The van der Waals surface area contributed by atoms with Crippen LogP contribution in [0.5, 0.6) is 0 Å². The van der Waals surface area contributed by atoms with Crippen LogP contribution >= 0.6 is 0 Å². The first-order chi connectivity index (χ1) is 6.19. The fourth-order valence-corrected chi connectivity index (χ4v) is 1.82. The molecule has 1 aliphatic carbocycles. The lowest BCUT2D eigenvalue weighted by Crippen LogP contribution is -2.18. The van der Waals surface area contributed by atoms with Crippen molar-refractivity contribution in [1.82, 2.24) is 0 Å². The zero-order valence-electron chi connectivity index (χ0n) is 9.18. The van der Waals surface area contributed by atoms with E-state index in [1.165, 1.54) is 44.9 Å². The Hall–Kier alpha value is -0.0400. The molecule has 0 heterocycles. The van der Waals surface area contributed by atoms with Gasteiger partial charge in [0.1, 0.15) is 0 Å². The van der Waals surface area contributed by atoms with Crippen molar-refractivity contribution in [2.45, 2.75) is 71.3 Å². The highest BCUT2D eigenvalue weighted by atomic mass is 16.3. The maximum Gasteiger partial charge on any atom is 0.0593 e. The molecule has 0 aromatic rings. The molecule has 0 spiro atoms. The fourth-order valence-electron chi connectivity index (χ4n) is 1.82. The smallest absolute Gasteiger partial charge is 0.0593 e. The Morgan fingerprint density at radius 2 is 1.77 bits per heavy atom. The van der Waals surface area contributed by atoms with Crippen molar-refractivity contribution in [3.05, 3.63) is 0 Å². The quantitative estimate of drug-likeness (QED) is 0.600. The SMILES string of the molecule is CCCCCCCC(O)C1(C)CC1. The van der Waals surface area contributed by atoms with Crippen LogP contribution in [-0.4, -0.2) is 11.2 Å². The first-order valence-electron chi connectivity index (χ1n) is 5.87. The van der Waals surface area contributed by atoms with Gasteiger partial charge in [-0.2, -0.15) is 0 Å². The highest BCUT2D eigenvalue weighted by molar-refractivity contribution is 4.94. The molecule has 1 unspecified atom stereocenters. The summed E-state index contributed by atoms with van der Waals surface area (Å²) in [5.74, 6) is 0. The lowest BCUT2D eigenvalue weighted by atomic mass is 9.96. The molecule has 0 saturated heterocycles. The van der Waals surface area contributed by atoms with Gasteiger partial charge in [-0.25, -0.2) is 0 Å². The van der Waals surface area contributed by atoms with Gasteiger partial charge in [-0.15, -0.1) is 0 Å². The predicted octanol–water partition coefficient (Wildman–Crippen LogP) is 3.51. The Morgan fingerprint density at radius 3 is 2.31 bits per heavy atom. The summed E-state index contributed by atoms with van der Waals surface area (Å²) in [5.41, 5.74) is 0.310. The first-order valence-corrected chi connectivity index (χ1v) is 5.87. The summed E-state index contributed by atoms with van der Waals surface area (Å²) in [4.78, 5) is 0. The second kappa shape index (κ2) is 4.99. The molecule has 1 nitrogen and oxygen atoms in total. The van der Waals surface area contributed by atoms with Crippen LogP contribution in [0.3, 0.4) is 0 Å². The van der Waals surface area contributed by atoms with Crippen LogP contribution in [0.4, 0.5) is 0 Å². The average molecular weight is 184 g/mol. The molecular weight excluding hydrogens is 160 g/mol.